The third-order valence-corrected chi connectivity index (χ3v) is 9.73. The highest BCUT2D eigenvalue weighted by Gasteiger charge is 2.44. The highest BCUT2D eigenvalue weighted by Crippen LogP contribution is 2.46. The molecule has 182 valence electrons. The van der Waals surface area contributed by atoms with Crippen LogP contribution in [-0.4, -0.2) is 64.1 Å². The molecular formula is C21H27N7O4S2. The second-order valence-electron chi connectivity index (χ2n) is 9.56. The van der Waals surface area contributed by atoms with Crippen molar-refractivity contribution >= 4 is 38.4 Å². The molecular weight excluding hydrogens is 478 g/mol. The summed E-state index contributed by atoms with van der Waals surface area (Å²) in [6, 6.07) is -0.200. The Morgan fingerprint density at radius 3 is 2.65 bits per heavy atom. The summed E-state index contributed by atoms with van der Waals surface area (Å²) in [4.78, 5) is 40.7. The van der Waals surface area contributed by atoms with E-state index in [1.54, 1.807) is 6.20 Å². The van der Waals surface area contributed by atoms with Crippen LogP contribution in [0.4, 0.5) is 9.93 Å². The number of hydrogen-bond donors (Lipinski definition) is 3. The van der Waals surface area contributed by atoms with E-state index < -0.39 is 34.0 Å². The topological polar surface area (TPSA) is 160 Å². The average Bonchev–Trinajstić information content (AvgIpc) is 3.69. The number of nitrogens with zero attached hydrogens (tertiary/aromatic N) is 4. The Bertz CT molecular complexity index is 1250. The van der Waals surface area contributed by atoms with Crippen molar-refractivity contribution in [3.8, 4) is 10.6 Å². The number of amides is 3. The minimum Gasteiger partial charge on any atom is -0.368 e. The Kier molecular flexibility index (Phi) is 5.60. The number of carbonyl (C=O) groups is 2. The molecule has 0 spiro atoms. The van der Waals surface area contributed by atoms with Crippen LogP contribution in [0.25, 0.3) is 10.6 Å². The van der Waals surface area contributed by atoms with Gasteiger partial charge in [0.15, 0.2) is 5.13 Å². The smallest absolute Gasteiger partial charge is 0.324 e. The van der Waals surface area contributed by atoms with E-state index in [0.717, 1.165) is 29.2 Å². The Balaban J connectivity index is 1.30. The van der Waals surface area contributed by atoms with Gasteiger partial charge in [0.05, 0.1) is 21.5 Å². The Morgan fingerprint density at radius 1 is 1.26 bits per heavy atom. The van der Waals surface area contributed by atoms with Crippen molar-refractivity contribution < 1.29 is 18.0 Å². The van der Waals surface area contributed by atoms with Crippen LogP contribution in [0.15, 0.2) is 12.3 Å². The van der Waals surface area contributed by atoms with Gasteiger partial charge in [-0.15, -0.1) is 0 Å². The molecule has 2 aromatic rings. The third-order valence-electron chi connectivity index (χ3n) is 6.62. The van der Waals surface area contributed by atoms with Crippen molar-refractivity contribution in [3.05, 3.63) is 23.8 Å². The van der Waals surface area contributed by atoms with Crippen molar-refractivity contribution in [1.29, 1.82) is 0 Å². The molecule has 1 aliphatic heterocycles. The molecule has 3 heterocycles. The minimum absolute atomic E-state index is 0.0305. The molecule has 0 radical (unpaired) electrons. The number of aromatic nitrogens is 3. The predicted molar refractivity (Wildman–Crippen MR) is 127 cm³/mol. The molecule has 2 atom stereocenters. The maximum absolute atomic E-state index is 13.0. The highest BCUT2D eigenvalue weighted by atomic mass is 32.2. The van der Waals surface area contributed by atoms with Gasteiger partial charge in [-0.05, 0) is 45.1 Å². The molecule has 3 aliphatic rings. The van der Waals surface area contributed by atoms with Crippen molar-refractivity contribution in [3.63, 3.8) is 0 Å². The zero-order valence-electron chi connectivity index (χ0n) is 18.9. The molecule has 0 aromatic carbocycles. The second kappa shape index (κ2) is 8.24. The van der Waals surface area contributed by atoms with Gasteiger partial charge in [-0.3, -0.25) is 10.1 Å². The van der Waals surface area contributed by atoms with Crippen LogP contribution in [0.5, 0.6) is 0 Å². The van der Waals surface area contributed by atoms with Gasteiger partial charge in [-0.25, -0.2) is 32.9 Å². The van der Waals surface area contributed by atoms with Gasteiger partial charge >= 0.3 is 6.03 Å². The van der Waals surface area contributed by atoms with E-state index in [1.807, 2.05) is 13.0 Å². The van der Waals surface area contributed by atoms with Gasteiger partial charge in [-0.2, -0.15) is 0 Å². The number of primary amides is 1. The van der Waals surface area contributed by atoms with Crippen LogP contribution in [0.3, 0.4) is 0 Å². The number of nitrogens with two attached hydrogens (primary N) is 1. The molecule has 0 bridgehead atoms. The minimum atomic E-state index is -3.45. The van der Waals surface area contributed by atoms with E-state index in [4.69, 9.17) is 10.7 Å². The number of urea groups is 1. The van der Waals surface area contributed by atoms with Crippen LogP contribution < -0.4 is 15.8 Å². The van der Waals surface area contributed by atoms with Gasteiger partial charge in [0.25, 0.3) is 0 Å². The normalized spacial score (nSPS) is 23.6. The summed E-state index contributed by atoms with van der Waals surface area (Å²) < 4.78 is 27.2. The van der Waals surface area contributed by atoms with Crippen molar-refractivity contribution in [2.45, 2.75) is 68.7 Å². The summed E-state index contributed by atoms with van der Waals surface area (Å²) in [6.45, 7) is 4.03. The molecule has 34 heavy (non-hydrogen) atoms. The molecule has 4 N–H and O–H groups in total. The number of carbonyl (C=O) groups excluding carboxylic acids is 2. The Hall–Kier alpha value is -2.64. The molecule has 3 fully saturated rings. The summed E-state index contributed by atoms with van der Waals surface area (Å²) in [5, 5.41) is 2.72. The van der Waals surface area contributed by atoms with Gasteiger partial charge in [0, 0.05) is 24.2 Å². The number of sulfonamides is 1. The third kappa shape index (κ3) is 4.51. The Morgan fingerprint density at radius 2 is 2.00 bits per heavy atom. The highest BCUT2D eigenvalue weighted by molar-refractivity contribution is 7.90. The van der Waals surface area contributed by atoms with E-state index >= 15 is 0 Å². The van der Waals surface area contributed by atoms with E-state index in [2.05, 4.69) is 26.9 Å². The first kappa shape index (κ1) is 23.1. The molecule has 3 amide bonds. The maximum atomic E-state index is 13.0. The number of aryl methyl sites for hydroxylation is 1. The molecule has 2 saturated carbocycles. The quantitative estimate of drug-likeness (QED) is 0.514. The summed E-state index contributed by atoms with van der Waals surface area (Å²) in [7, 11) is -3.45. The van der Waals surface area contributed by atoms with Crippen LogP contribution in [0.2, 0.25) is 0 Å². The lowest BCUT2D eigenvalue weighted by Gasteiger charge is -2.21. The first-order valence-electron chi connectivity index (χ1n) is 11.3. The monoisotopic (exact) mass is 505 g/mol. The molecule has 2 aromatic heterocycles. The lowest BCUT2D eigenvalue weighted by Crippen LogP contribution is -2.46. The second-order valence-corrected chi connectivity index (χ2v) is 12.5. The summed E-state index contributed by atoms with van der Waals surface area (Å²) in [5.41, 5.74) is 7.01. The number of nitrogens with one attached hydrogen (secondary N) is 2. The van der Waals surface area contributed by atoms with Crippen LogP contribution in [0, 0.1) is 6.92 Å². The SMILES string of the molecule is Cc1nc(NC(=O)N2C[C@H](NS(=O)(=O)C3CC3)C[C@H]2C(N)=O)sc1-c1ccnc(C2(C)CC2)n1. The first-order valence-corrected chi connectivity index (χ1v) is 13.6. The molecule has 13 heteroatoms. The van der Waals surface area contributed by atoms with Crippen molar-refractivity contribution in [2.24, 2.45) is 5.73 Å². The number of thiazole rings is 1. The van der Waals surface area contributed by atoms with Crippen LogP contribution in [-0.2, 0) is 20.2 Å². The first-order chi connectivity index (χ1) is 16.1. The maximum Gasteiger partial charge on any atom is 0.324 e. The van der Waals surface area contributed by atoms with E-state index in [-0.39, 0.29) is 23.6 Å². The average molecular weight is 506 g/mol. The van der Waals surface area contributed by atoms with Gasteiger partial charge < -0.3 is 10.6 Å². The van der Waals surface area contributed by atoms with Gasteiger partial charge in [0.1, 0.15) is 11.9 Å². The molecule has 0 unspecified atom stereocenters. The number of likely N-dealkylation sites (tertiary alicyclic amines) is 1. The zero-order chi connectivity index (χ0) is 24.3. The fourth-order valence-corrected chi connectivity index (χ4v) is 6.67. The van der Waals surface area contributed by atoms with Gasteiger partial charge in [-0.1, -0.05) is 18.3 Å². The number of anilines is 1. The largest absolute Gasteiger partial charge is 0.368 e. The zero-order valence-corrected chi connectivity index (χ0v) is 20.6. The summed E-state index contributed by atoms with van der Waals surface area (Å²) >= 11 is 1.28. The molecule has 5 rings (SSSR count). The lowest BCUT2D eigenvalue weighted by molar-refractivity contribution is -0.121. The number of hydrogen-bond acceptors (Lipinski definition) is 8. The standard InChI is InChI=1S/C21H27N7O4S2/c1-11-16(14-5-8-23-18(25-14)21(2)6-7-21)33-19(24-11)26-20(30)28-10-12(9-15(28)17(22)29)27-34(31,32)13-3-4-13/h5,8,12-13,15,27H,3-4,6-7,9-10H2,1-2H3,(H2,22,29)(H,24,26,30)/t12-,15+/m1/s1. The Labute approximate surface area is 201 Å². The van der Waals surface area contributed by atoms with Crippen molar-refractivity contribution in [1.82, 2.24) is 24.6 Å². The summed E-state index contributed by atoms with van der Waals surface area (Å²) in [6.07, 6.45) is 5.26. The molecule has 1 saturated heterocycles. The lowest BCUT2D eigenvalue weighted by atomic mass is 10.1. The van der Waals surface area contributed by atoms with E-state index in [9.17, 15) is 18.0 Å². The molecule has 11 nitrogen and oxygen atoms in total. The summed E-state index contributed by atoms with van der Waals surface area (Å²) in [5.74, 6) is 0.130. The van der Waals surface area contributed by atoms with E-state index in [0.29, 0.717) is 23.7 Å². The number of rotatable bonds is 7. The van der Waals surface area contributed by atoms with Gasteiger partial charge in [0.2, 0.25) is 15.9 Å². The molecule has 2 aliphatic carbocycles. The fourth-order valence-electron chi connectivity index (χ4n) is 4.16. The predicted octanol–water partition coefficient (Wildman–Crippen LogP) is 1.50. The fraction of sp³-hybridized carbons (Fsp3) is 0.571. The van der Waals surface area contributed by atoms with Crippen LogP contribution >= 0.6 is 11.3 Å². The van der Waals surface area contributed by atoms with E-state index in [1.165, 1.54) is 16.2 Å². The van der Waals surface area contributed by atoms with Crippen LogP contribution in [0.1, 0.15) is 50.5 Å². The van der Waals surface area contributed by atoms with Crippen molar-refractivity contribution in [2.75, 3.05) is 11.9 Å².